The molecule has 0 amide bonds. The molecule has 0 aliphatic rings. The van der Waals surface area contributed by atoms with Gasteiger partial charge in [0.25, 0.3) is 0 Å². The SMILES string of the molecule is Cc1nc(Cc2ccccc2)sc1[C@@H](C)N. The van der Waals surface area contributed by atoms with Crippen LogP contribution in [0.1, 0.15) is 34.1 Å². The lowest BCUT2D eigenvalue weighted by molar-refractivity contribution is 0.825. The van der Waals surface area contributed by atoms with Crippen molar-refractivity contribution in [3.05, 3.63) is 51.5 Å². The third kappa shape index (κ3) is 2.49. The van der Waals surface area contributed by atoms with Crippen molar-refractivity contribution in [3.63, 3.8) is 0 Å². The topological polar surface area (TPSA) is 38.9 Å². The highest BCUT2D eigenvalue weighted by Crippen LogP contribution is 2.24. The first kappa shape index (κ1) is 11.3. The molecule has 0 fully saturated rings. The largest absolute Gasteiger partial charge is 0.323 e. The highest BCUT2D eigenvalue weighted by Gasteiger charge is 2.10. The number of aromatic nitrogens is 1. The second kappa shape index (κ2) is 4.76. The molecule has 0 spiro atoms. The van der Waals surface area contributed by atoms with E-state index in [9.17, 15) is 0 Å². The van der Waals surface area contributed by atoms with E-state index in [1.54, 1.807) is 11.3 Å². The molecule has 0 radical (unpaired) electrons. The Morgan fingerprint density at radius 2 is 2.00 bits per heavy atom. The van der Waals surface area contributed by atoms with Crippen LogP contribution in [0.5, 0.6) is 0 Å². The van der Waals surface area contributed by atoms with Gasteiger partial charge in [-0.1, -0.05) is 30.3 Å². The van der Waals surface area contributed by atoms with E-state index < -0.39 is 0 Å². The van der Waals surface area contributed by atoms with Crippen LogP contribution in [-0.2, 0) is 6.42 Å². The zero-order valence-electron chi connectivity index (χ0n) is 9.60. The highest BCUT2D eigenvalue weighted by atomic mass is 32.1. The molecule has 1 aromatic carbocycles. The first-order valence-corrected chi connectivity index (χ1v) is 6.24. The lowest BCUT2D eigenvalue weighted by Crippen LogP contribution is -2.03. The molecule has 0 saturated heterocycles. The number of hydrogen-bond donors (Lipinski definition) is 1. The van der Waals surface area contributed by atoms with Gasteiger partial charge in [-0.05, 0) is 19.4 Å². The van der Waals surface area contributed by atoms with Crippen molar-refractivity contribution < 1.29 is 0 Å². The van der Waals surface area contributed by atoms with E-state index in [2.05, 4.69) is 29.2 Å². The quantitative estimate of drug-likeness (QED) is 0.883. The third-order valence-electron chi connectivity index (χ3n) is 2.49. The molecule has 1 heterocycles. The molecule has 0 saturated carbocycles. The molecule has 0 aliphatic heterocycles. The van der Waals surface area contributed by atoms with E-state index in [1.165, 1.54) is 10.4 Å². The second-order valence-corrected chi connectivity index (χ2v) is 5.12. The predicted octanol–water partition coefficient (Wildman–Crippen LogP) is 3.06. The molecule has 16 heavy (non-hydrogen) atoms. The van der Waals surface area contributed by atoms with Crippen molar-refractivity contribution in [2.75, 3.05) is 0 Å². The average Bonchev–Trinajstić information content (AvgIpc) is 2.61. The fourth-order valence-corrected chi connectivity index (χ4v) is 2.79. The highest BCUT2D eigenvalue weighted by molar-refractivity contribution is 7.11. The van der Waals surface area contributed by atoms with Crippen molar-refractivity contribution >= 4 is 11.3 Å². The van der Waals surface area contributed by atoms with Gasteiger partial charge in [-0.2, -0.15) is 0 Å². The minimum Gasteiger partial charge on any atom is -0.323 e. The van der Waals surface area contributed by atoms with Crippen LogP contribution in [-0.4, -0.2) is 4.98 Å². The first-order valence-electron chi connectivity index (χ1n) is 5.42. The van der Waals surface area contributed by atoms with E-state index in [0.29, 0.717) is 0 Å². The Labute approximate surface area is 100 Å². The Balaban J connectivity index is 2.20. The van der Waals surface area contributed by atoms with Gasteiger partial charge in [0.05, 0.1) is 10.7 Å². The van der Waals surface area contributed by atoms with Crippen molar-refractivity contribution in [1.82, 2.24) is 4.98 Å². The van der Waals surface area contributed by atoms with Crippen LogP contribution < -0.4 is 5.73 Å². The van der Waals surface area contributed by atoms with Crippen LogP contribution >= 0.6 is 11.3 Å². The molecule has 2 aromatic rings. The predicted molar refractivity (Wildman–Crippen MR) is 68.7 cm³/mol. The molecule has 0 unspecified atom stereocenters. The summed E-state index contributed by atoms with van der Waals surface area (Å²) in [6, 6.07) is 10.5. The zero-order valence-corrected chi connectivity index (χ0v) is 10.4. The third-order valence-corrected chi connectivity index (χ3v) is 3.85. The van der Waals surface area contributed by atoms with Gasteiger partial charge < -0.3 is 5.73 Å². The fourth-order valence-electron chi connectivity index (χ4n) is 1.73. The minimum atomic E-state index is 0.0852. The summed E-state index contributed by atoms with van der Waals surface area (Å²) >= 11 is 1.73. The molecular formula is C13H16N2S. The first-order chi connectivity index (χ1) is 7.66. The van der Waals surface area contributed by atoms with Crippen LogP contribution in [0.4, 0.5) is 0 Å². The van der Waals surface area contributed by atoms with Gasteiger partial charge in [-0.15, -0.1) is 11.3 Å². The van der Waals surface area contributed by atoms with Gasteiger partial charge >= 0.3 is 0 Å². The van der Waals surface area contributed by atoms with Crippen molar-refractivity contribution in [2.45, 2.75) is 26.3 Å². The molecule has 0 aliphatic carbocycles. The Bertz CT molecular complexity index is 460. The monoisotopic (exact) mass is 232 g/mol. The fraction of sp³-hybridized carbons (Fsp3) is 0.308. The molecule has 2 N–H and O–H groups in total. The molecule has 2 nitrogen and oxygen atoms in total. The van der Waals surface area contributed by atoms with Gasteiger partial charge in [-0.3, -0.25) is 0 Å². The van der Waals surface area contributed by atoms with E-state index in [1.807, 2.05) is 19.9 Å². The summed E-state index contributed by atoms with van der Waals surface area (Å²) in [5.74, 6) is 0. The van der Waals surface area contributed by atoms with Crippen molar-refractivity contribution in [3.8, 4) is 0 Å². The molecular weight excluding hydrogens is 216 g/mol. The molecule has 2 rings (SSSR count). The Morgan fingerprint density at radius 3 is 2.56 bits per heavy atom. The molecule has 1 atom stereocenters. The summed E-state index contributed by atoms with van der Waals surface area (Å²) in [7, 11) is 0. The molecule has 84 valence electrons. The Hall–Kier alpha value is -1.19. The van der Waals surface area contributed by atoms with Gasteiger partial charge in [0.1, 0.15) is 0 Å². The van der Waals surface area contributed by atoms with Crippen molar-refractivity contribution in [1.29, 1.82) is 0 Å². The maximum atomic E-state index is 5.89. The van der Waals surface area contributed by atoms with Crippen LogP contribution in [0.2, 0.25) is 0 Å². The normalized spacial score (nSPS) is 12.7. The summed E-state index contributed by atoms with van der Waals surface area (Å²) in [5, 5.41) is 1.15. The smallest absolute Gasteiger partial charge is 0.0975 e. The molecule has 3 heteroatoms. The van der Waals surface area contributed by atoms with Gasteiger partial charge in [0, 0.05) is 17.3 Å². The van der Waals surface area contributed by atoms with E-state index in [4.69, 9.17) is 5.73 Å². The van der Waals surface area contributed by atoms with Crippen LogP contribution in [0.25, 0.3) is 0 Å². The van der Waals surface area contributed by atoms with Crippen LogP contribution in [0.15, 0.2) is 30.3 Å². The van der Waals surface area contributed by atoms with Gasteiger partial charge in [-0.25, -0.2) is 4.98 Å². The number of aryl methyl sites for hydroxylation is 1. The van der Waals surface area contributed by atoms with Gasteiger partial charge in [0.15, 0.2) is 0 Å². The van der Waals surface area contributed by atoms with Crippen LogP contribution in [0.3, 0.4) is 0 Å². The Kier molecular flexibility index (Phi) is 3.36. The lowest BCUT2D eigenvalue weighted by atomic mass is 10.2. The van der Waals surface area contributed by atoms with Crippen LogP contribution in [0, 0.1) is 6.92 Å². The number of thiazole rings is 1. The summed E-state index contributed by atoms with van der Waals surface area (Å²) < 4.78 is 0. The summed E-state index contributed by atoms with van der Waals surface area (Å²) in [6.07, 6.45) is 0.902. The maximum Gasteiger partial charge on any atom is 0.0975 e. The molecule has 0 bridgehead atoms. The number of rotatable bonds is 3. The number of nitrogens with two attached hydrogens (primary N) is 1. The minimum absolute atomic E-state index is 0.0852. The van der Waals surface area contributed by atoms with E-state index in [0.717, 1.165) is 17.1 Å². The lowest BCUT2D eigenvalue weighted by Gasteiger charge is -2.00. The summed E-state index contributed by atoms with van der Waals surface area (Å²) in [6.45, 7) is 4.04. The van der Waals surface area contributed by atoms with Crippen molar-refractivity contribution in [2.24, 2.45) is 5.73 Å². The standard InChI is InChI=1S/C13H16N2S/c1-9(14)13-10(2)15-12(16-13)8-11-6-4-3-5-7-11/h3-7,9H,8,14H2,1-2H3/t9-/m1/s1. The zero-order chi connectivity index (χ0) is 11.5. The van der Waals surface area contributed by atoms with E-state index >= 15 is 0 Å². The number of nitrogens with zero attached hydrogens (tertiary/aromatic N) is 1. The summed E-state index contributed by atoms with van der Waals surface area (Å²) in [5.41, 5.74) is 8.27. The Morgan fingerprint density at radius 1 is 1.31 bits per heavy atom. The number of hydrogen-bond acceptors (Lipinski definition) is 3. The van der Waals surface area contributed by atoms with Gasteiger partial charge in [0.2, 0.25) is 0 Å². The average molecular weight is 232 g/mol. The van der Waals surface area contributed by atoms with E-state index in [-0.39, 0.29) is 6.04 Å². The second-order valence-electron chi connectivity index (χ2n) is 4.01. The maximum absolute atomic E-state index is 5.89. The number of benzene rings is 1. The molecule has 1 aromatic heterocycles. The summed E-state index contributed by atoms with van der Waals surface area (Å²) in [4.78, 5) is 5.77.